The number of alkyl halides is 3. The molecule has 2 aliphatic carbocycles. The molecule has 2 fully saturated rings. The minimum absolute atomic E-state index is 0.163. The fourth-order valence-electron chi connectivity index (χ4n) is 2.94. The van der Waals surface area contributed by atoms with Gasteiger partial charge in [-0.3, -0.25) is 4.99 Å². The molecule has 0 amide bonds. The van der Waals surface area contributed by atoms with Crippen molar-refractivity contribution in [1.82, 2.24) is 5.32 Å². The minimum atomic E-state index is -4.28. The molecule has 3 rings (SSSR count). The molecule has 22 heavy (non-hydrogen) atoms. The van der Waals surface area contributed by atoms with Crippen LogP contribution in [0.25, 0.3) is 0 Å². The first-order chi connectivity index (χ1) is 10.4. The maximum atomic E-state index is 12.7. The first-order valence-corrected chi connectivity index (χ1v) is 7.69. The Morgan fingerprint density at radius 3 is 2.55 bits per heavy atom. The molecule has 0 aromatic heterocycles. The summed E-state index contributed by atoms with van der Waals surface area (Å²) in [6, 6.07) is 6.18. The second kappa shape index (κ2) is 5.82. The van der Waals surface area contributed by atoms with Crippen molar-refractivity contribution in [3.05, 3.63) is 35.4 Å². The van der Waals surface area contributed by atoms with E-state index in [-0.39, 0.29) is 12.0 Å². The van der Waals surface area contributed by atoms with E-state index in [9.17, 15) is 13.2 Å². The molecule has 0 radical (unpaired) electrons. The van der Waals surface area contributed by atoms with E-state index in [1.807, 2.05) is 0 Å². The number of aliphatic imine (C=N–C) groups is 1. The van der Waals surface area contributed by atoms with Crippen LogP contribution in [0, 0.1) is 0 Å². The third-order valence-electron chi connectivity index (χ3n) is 4.57. The van der Waals surface area contributed by atoms with Crippen molar-refractivity contribution in [3.63, 3.8) is 0 Å². The Balaban J connectivity index is 1.53. The van der Waals surface area contributed by atoms with Gasteiger partial charge in [0, 0.05) is 6.04 Å². The zero-order valence-electron chi connectivity index (χ0n) is 12.2. The Bertz CT molecular complexity index is 558. The van der Waals surface area contributed by atoms with Crippen molar-refractivity contribution < 1.29 is 13.2 Å². The average Bonchev–Trinajstić information content (AvgIpc) is 2.37. The number of halogens is 3. The van der Waals surface area contributed by atoms with Gasteiger partial charge in [0.1, 0.15) is 0 Å². The van der Waals surface area contributed by atoms with Gasteiger partial charge in [0.25, 0.3) is 0 Å². The molecule has 2 saturated carbocycles. The number of rotatable bonds is 3. The molecule has 0 unspecified atom stereocenters. The maximum Gasteiger partial charge on any atom is 0.416 e. The number of guanidine groups is 1. The average molecular weight is 311 g/mol. The van der Waals surface area contributed by atoms with Crippen molar-refractivity contribution in [2.45, 2.75) is 56.3 Å². The van der Waals surface area contributed by atoms with Crippen LogP contribution in [0.1, 0.15) is 49.1 Å². The lowest BCUT2D eigenvalue weighted by molar-refractivity contribution is -0.137. The van der Waals surface area contributed by atoms with Crippen molar-refractivity contribution in [3.8, 4) is 0 Å². The van der Waals surface area contributed by atoms with Gasteiger partial charge in [0.2, 0.25) is 0 Å². The topological polar surface area (TPSA) is 50.4 Å². The van der Waals surface area contributed by atoms with Crippen LogP contribution in [-0.4, -0.2) is 18.0 Å². The lowest BCUT2D eigenvalue weighted by atomic mass is 9.75. The van der Waals surface area contributed by atoms with Gasteiger partial charge in [0.05, 0.1) is 11.6 Å². The first-order valence-electron chi connectivity index (χ1n) is 7.69. The smallest absolute Gasteiger partial charge is 0.370 e. The number of nitrogens with two attached hydrogens (primary N) is 1. The molecule has 1 aromatic rings. The Kier molecular flexibility index (Phi) is 4.02. The molecule has 2 aliphatic rings. The molecule has 0 atom stereocenters. The van der Waals surface area contributed by atoms with Gasteiger partial charge in [-0.1, -0.05) is 18.2 Å². The maximum absolute atomic E-state index is 12.7. The van der Waals surface area contributed by atoms with E-state index in [2.05, 4.69) is 10.3 Å². The molecule has 0 spiro atoms. The summed E-state index contributed by atoms with van der Waals surface area (Å²) >= 11 is 0. The van der Waals surface area contributed by atoms with Crippen molar-refractivity contribution in [2.24, 2.45) is 10.7 Å². The lowest BCUT2D eigenvalue weighted by Gasteiger charge is -2.37. The van der Waals surface area contributed by atoms with Gasteiger partial charge in [-0.2, -0.15) is 13.2 Å². The molecule has 0 bridgehead atoms. The van der Waals surface area contributed by atoms with Gasteiger partial charge in [-0.05, 0) is 49.7 Å². The molecule has 6 heteroatoms. The Morgan fingerprint density at radius 1 is 1.23 bits per heavy atom. The fraction of sp³-hybridized carbons (Fsp3) is 0.562. The zero-order chi connectivity index (χ0) is 15.7. The lowest BCUT2D eigenvalue weighted by Crippen LogP contribution is -2.47. The van der Waals surface area contributed by atoms with E-state index in [1.165, 1.54) is 18.6 Å². The monoisotopic (exact) mass is 311 g/mol. The van der Waals surface area contributed by atoms with E-state index in [0.29, 0.717) is 12.0 Å². The van der Waals surface area contributed by atoms with Crippen LogP contribution in [0.3, 0.4) is 0 Å². The minimum Gasteiger partial charge on any atom is -0.370 e. The summed E-state index contributed by atoms with van der Waals surface area (Å²) in [6.07, 6.45) is 0.712. The van der Waals surface area contributed by atoms with Crippen molar-refractivity contribution >= 4 is 5.96 Å². The van der Waals surface area contributed by atoms with E-state index >= 15 is 0 Å². The zero-order valence-corrected chi connectivity index (χ0v) is 12.2. The second-order valence-electron chi connectivity index (χ2n) is 6.23. The Hall–Kier alpha value is -1.72. The molecule has 0 saturated heterocycles. The van der Waals surface area contributed by atoms with Gasteiger partial charge >= 0.3 is 6.18 Å². The molecule has 120 valence electrons. The highest BCUT2D eigenvalue weighted by molar-refractivity contribution is 5.78. The molecular weight excluding hydrogens is 291 g/mol. The summed E-state index contributed by atoms with van der Waals surface area (Å²) in [5.41, 5.74) is 6.03. The summed E-state index contributed by atoms with van der Waals surface area (Å²) in [7, 11) is 0. The quantitative estimate of drug-likeness (QED) is 0.664. The highest BCUT2D eigenvalue weighted by atomic mass is 19.4. The van der Waals surface area contributed by atoms with Gasteiger partial charge in [-0.25, -0.2) is 0 Å². The van der Waals surface area contributed by atoms with Crippen molar-refractivity contribution in [2.75, 3.05) is 0 Å². The number of hydrogen-bond acceptors (Lipinski definition) is 1. The van der Waals surface area contributed by atoms with Crippen LogP contribution in [0.5, 0.6) is 0 Å². The molecular formula is C16H20F3N3. The van der Waals surface area contributed by atoms with Gasteiger partial charge < -0.3 is 11.1 Å². The van der Waals surface area contributed by atoms with Gasteiger partial charge in [-0.15, -0.1) is 0 Å². The number of nitrogens with one attached hydrogen (secondary N) is 1. The summed E-state index contributed by atoms with van der Waals surface area (Å²) in [6.45, 7) is 0. The van der Waals surface area contributed by atoms with Crippen LogP contribution in [0.4, 0.5) is 13.2 Å². The molecule has 3 N–H and O–H groups in total. The summed E-state index contributed by atoms with van der Waals surface area (Å²) < 4.78 is 38.2. The Labute approximate surface area is 127 Å². The van der Waals surface area contributed by atoms with Crippen LogP contribution in [0.15, 0.2) is 29.3 Å². The Morgan fingerprint density at radius 2 is 1.95 bits per heavy atom. The molecule has 0 aliphatic heterocycles. The first kappa shape index (κ1) is 15.2. The van der Waals surface area contributed by atoms with Crippen LogP contribution in [-0.2, 0) is 6.18 Å². The third-order valence-corrected chi connectivity index (χ3v) is 4.57. The molecule has 3 nitrogen and oxygen atoms in total. The standard InChI is InChI=1S/C16H20F3N3/c17-16(18,19)12-4-1-3-10(7-12)11-8-14(9-11)22-15(20)21-13-5-2-6-13/h1,3-4,7,11,13-14H,2,5-6,8-9H2,(H3,20,21,22). The highest BCUT2D eigenvalue weighted by Crippen LogP contribution is 2.39. The highest BCUT2D eigenvalue weighted by Gasteiger charge is 2.34. The van der Waals surface area contributed by atoms with Crippen molar-refractivity contribution in [1.29, 1.82) is 0 Å². The number of hydrogen-bond donors (Lipinski definition) is 2. The van der Waals surface area contributed by atoms with E-state index in [0.717, 1.165) is 37.3 Å². The van der Waals surface area contributed by atoms with Crippen LogP contribution < -0.4 is 11.1 Å². The third kappa shape index (κ3) is 3.36. The number of benzene rings is 1. The summed E-state index contributed by atoms with van der Waals surface area (Å²) in [5, 5.41) is 3.17. The van der Waals surface area contributed by atoms with E-state index in [4.69, 9.17) is 5.73 Å². The molecule has 1 aromatic carbocycles. The van der Waals surface area contributed by atoms with Gasteiger partial charge in [0.15, 0.2) is 5.96 Å². The molecule has 0 heterocycles. The fourth-order valence-corrected chi connectivity index (χ4v) is 2.94. The van der Waals surface area contributed by atoms with E-state index in [1.54, 1.807) is 6.07 Å². The van der Waals surface area contributed by atoms with E-state index < -0.39 is 11.7 Å². The summed E-state index contributed by atoms with van der Waals surface area (Å²) in [4.78, 5) is 4.38. The largest absolute Gasteiger partial charge is 0.416 e. The predicted octanol–water partition coefficient (Wildman–Crippen LogP) is 3.41. The van der Waals surface area contributed by atoms with Crippen LogP contribution >= 0.6 is 0 Å². The summed E-state index contributed by atoms with van der Waals surface area (Å²) in [5.74, 6) is 0.633. The second-order valence-corrected chi connectivity index (χ2v) is 6.23. The SMILES string of the molecule is NC(=NC1CCC1)NC1CC(c2cccc(C(F)(F)F)c2)C1. The number of nitrogens with zero attached hydrogens (tertiary/aromatic N) is 1. The normalized spacial score (nSPS) is 26.2. The van der Waals surface area contributed by atoms with Crippen LogP contribution in [0.2, 0.25) is 0 Å². The predicted molar refractivity (Wildman–Crippen MR) is 79.6 cm³/mol.